The Bertz CT molecular complexity index is 2190. The molecule has 8 aromatic rings. The molecule has 2 nitrogen and oxygen atoms in total. The van der Waals surface area contributed by atoms with Gasteiger partial charge in [0.25, 0.3) is 0 Å². The minimum Gasteiger partial charge on any atom is -0.309 e. The van der Waals surface area contributed by atoms with Gasteiger partial charge in [-0.05, 0) is 79.1 Å². The van der Waals surface area contributed by atoms with E-state index >= 15 is 0 Å². The van der Waals surface area contributed by atoms with E-state index in [1.165, 1.54) is 52.6 Å². The zero-order valence-corrected chi connectivity index (χ0v) is 24.1. The first-order valence-corrected chi connectivity index (χ1v) is 15.8. The molecule has 0 bridgehead atoms. The first-order chi connectivity index (χ1) is 20.3. The monoisotopic (exact) mass is 562 g/mol. The van der Waals surface area contributed by atoms with E-state index in [1.807, 2.05) is 11.3 Å². The number of aromatic nitrogens is 1. The van der Waals surface area contributed by atoms with Gasteiger partial charge in [0.2, 0.25) is 0 Å². The van der Waals surface area contributed by atoms with Gasteiger partial charge in [-0.1, -0.05) is 66.7 Å². The fourth-order valence-electron chi connectivity index (χ4n) is 6.02. The number of anilines is 3. The van der Waals surface area contributed by atoms with E-state index < -0.39 is 0 Å². The Labute approximate surface area is 247 Å². The van der Waals surface area contributed by atoms with Crippen LogP contribution in [0.1, 0.15) is 0 Å². The Kier molecular flexibility index (Phi) is 5.83. The van der Waals surface area contributed by atoms with Crippen molar-refractivity contribution in [3.05, 3.63) is 140 Å². The molecule has 0 aliphatic heterocycles. The van der Waals surface area contributed by atoms with Crippen molar-refractivity contribution in [1.29, 1.82) is 0 Å². The molecule has 6 aromatic carbocycles. The van der Waals surface area contributed by atoms with Crippen molar-refractivity contribution >= 4 is 82.1 Å². The largest absolute Gasteiger partial charge is 0.309 e. The van der Waals surface area contributed by atoms with Crippen molar-refractivity contribution in [1.82, 2.24) is 4.57 Å². The topological polar surface area (TPSA) is 8.17 Å². The average molecular weight is 563 g/mol. The summed E-state index contributed by atoms with van der Waals surface area (Å²) in [5.74, 6) is 0. The summed E-state index contributed by atoms with van der Waals surface area (Å²) >= 11 is 3.65. The Morgan fingerprint density at radius 2 is 1.24 bits per heavy atom. The van der Waals surface area contributed by atoms with E-state index in [0.29, 0.717) is 0 Å². The van der Waals surface area contributed by atoms with Crippen LogP contribution in [-0.4, -0.2) is 10.8 Å². The molecule has 0 aliphatic carbocycles. The molecule has 0 saturated carbocycles. The van der Waals surface area contributed by atoms with Crippen LogP contribution in [-0.2, 0) is 0 Å². The number of fused-ring (bicyclic) bond motifs is 6. The van der Waals surface area contributed by atoms with Gasteiger partial charge in [0, 0.05) is 48.2 Å². The van der Waals surface area contributed by atoms with E-state index in [9.17, 15) is 0 Å². The van der Waals surface area contributed by atoms with E-state index in [-0.39, 0.29) is 0 Å². The number of thiophene rings is 1. The third kappa shape index (κ3) is 3.94. The first-order valence-electron chi connectivity index (χ1n) is 13.7. The van der Waals surface area contributed by atoms with E-state index in [0.717, 1.165) is 17.1 Å². The second-order valence-corrected chi connectivity index (χ2v) is 12.1. The number of hydrogen-bond acceptors (Lipinski definition) is 3. The Hall–Kier alpha value is -4.51. The maximum Gasteiger partial charge on any atom is 0.0640 e. The Balaban J connectivity index is 1.31. The van der Waals surface area contributed by atoms with Gasteiger partial charge >= 0.3 is 0 Å². The van der Waals surface area contributed by atoms with Crippen LogP contribution in [0.15, 0.2) is 144 Å². The third-order valence-corrected chi connectivity index (χ3v) is 9.82. The van der Waals surface area contributed by atoms with E-state index in [2.05, 4.69) is 155 Å². The molecule has 0 aliphatic rings. The summed E-state index contributed by atoms with van der Waals surface area (Å²) in [5.41, 5.74) is 7.09. The van der Waals surface area contributed by atoms with Crippen molar-refractivity contribution in [3.8, 4) is 5.69 Å². The van der Waals surface area contributed by atoms with Crippen molar-refractivity contribution < 1.29 is 0 Å². The van der Waals surface area contributed by atoms with Gasteiger partial charge in [-0.3, -0.25) is 0 Å². The molecular formula is C37H26N2S2. The Morgan fingerprint density at radius 3 is 2.07 bits per heavy atom. The van der Waals surface area contributed by atoms with Gasteiger partial charge in [-0.25, -0.2) is 0 Å². The standard InChI is InChI=1S/C37H26N2S2/c1-40-28-22-23-34-32(24-28)29-12-5-7-15-33(29)39(34)27-20-18-26(19-21-27)38(25-10-3-2-4-11-25)35-16-9-14-31-30-13-6-8-17-36(30)41-37(31)35/h2-24H,1H3. The zero-order chi connectivity index (χ0) is 27.3. The molecule has 196 valence electrons. The predicted molar refractivity (Wildman–Crippen MR) is 180 cm³/mol. The molecule has 41 heavy (non-hydrogen) atoms. The van der Waals surface area contributed by atoms with Gasteiger partial charge in [0.1, 0.15) is 0 Å². The summed E-state index contributed by atoms with van der Waals surface area (Å²) in [4.78, 5) is 3.67. The smallest absolute Gasteiger partial charge is 0.0640 e. The summed E-state index contributed by atoms with van der Waals surface area (Å²) in [6.45, 7) is 0. The number of nitrogens with zero attached hydrogens (tertiary/aromatic N) is 2. The maximum absolute atomic E-state index is 2.39. The van der Waals surface area contributed by atoms with Crippen LogP contribution < -0.4 is 4.90 Å². The Morgan fingerprint density at radius 1 is 0.561 bits per heavy atom. The second-order valence-electron chi connectivity index (χ2n) is 10.2. The molecule has 0 radical (unpaired) electrons. The summed E-state index contributed by atoms with van der Waals surface area (Å²) in [6, 6.07) is 50.6. The van der Waals surface area contributed by atoms with Crippen LogP contribution in [0.3, 0.4) is 0 Å². The predicted octanol–water partition coefficient (Wildman–Crippen LogP) is 11.3. The lowest BCUT2D eigenvalue weighted by atomic mass is 10.1. The quantitative estimate of drug-likeness (QED) is 0.193. The van der Waals surface area contributed by atoms with Crippen molar-refractivity contribution in [2.24, 2.45) is 0 Å². The fourth-order valence-corrected chi connectivity index (χ4v) is 7.67. The summed E-state index contributed by atoms with van der Waals surface area (Å²) in [7, 11) is 0. The number of benzene rings is 6. The van der Waals surface area contributed by atoms with Crippen LogP contribution in [0.5, 0.6) is 0 Å². The summed E-state index contributed by atoms with van der Waals surface area (Å²) < 4.78 is 5.00. The summed E-state index contributed by atoms with van der Waals surface area (Å²) in [5, 5.41) is 5.19. The van der Waals surface area contributed by atoms with Gasteiger partial charge < -0.3 is 9.47 Å². The minimum absolute atomic E-state index is 1.13. The molecule has 2 heterocycles. The highest BCUT2D eigenvalue weighted by atomic mass is 32.2. The van der Waals surface area contributed by atoms with Crippen molar-refractivity contribution in [2.75, 3.05) is 11.2 Å². The number of rotatable bonds is 5. The molecule has 2 aromatic heterocycles. The van der Waals surface area contributed by atoms with Crippen LogP contribution in [0.4, 0.5) is 17.1 Å². The normalized spacial score (nSPS) is 11.6. The second kappa shape index (κ2) is 9.84. The van der Waals surface area contributed by atoms with E-state index in [4.69, 9.17) is 0 Å². The maximum atomic E-state index is 2.39. The summed E-state index contributed by atoms with van der Waals surface area (Å²) in [6.07, 6.45) is 2.14. The number of hydrogen-bond donors (Lipinski definition) is 0. The number of para-hydroxylation sites is 2. The average Bonchev–Trinajstić information content (AvgIpc) is 3.58. The van der Waals surface area contributed by atoms with Gasteiger partial charge in [-0.2, -0.15) is 0 Å². The highest BCUT2D eigenvalue weighted by Crippen LogP contribution is 2.45. The highest BCUT2D eigenvalue weighted by molar-refractivity contribution is 7.98. The zero-order valence-electron chi connectivity index (χ0n) is 22.5. The molecule has 0 atom stereocenters. The number of thioether (sulfide) groups is 1. The molecule has 0 unspecified atom stereocenters. The fraction of sp³-hybridized carbons (Fsp3) is 0.0270. The minimum atomic E-state index is 1.13. The molecule has 8 rings (SSSR count). The van der Waals surface area contributed by atoms with Crippen LogP contribution in [0.25, 0.3) is 47.7 Å². The van der Waals surface area contributed by atoms with Crippen LogP contribution in [0, 0.1) is 0 Å². The molecule has 0 amide bonds. The molecule has 0 spiro atoms. The van der Waals surface area contributed by atoms with E-state index in [1.54, 1.807) is 11.8 Å². The first kappa shape index (κ1) is 24.3. The van der Waals surface area contributed by atoms with Crippen LogP contribution in [0.2, 0.25) is 0 Å². The van der Waals surface area contributed by atoms with Crippen LogP contribution >= 0.6 is 23.1 Å². The van der Waals surface area contributed by atoms with Gasteiger partial charge in [0.15, 0.2) is 0 Å². The van der Waals surface area contributed by atoms with Gasteiger partial charge in [-0.15, -0.1) is 23.1 Å². The highest BCUT2D eigenvalue weighted by Gasteiger charge is 2.18. The molecule has 4 heteroatoms. The molecule has 0 N–H and O–H groups in total. The van der Waals surface area contributed by atoms with Crippen molar-refractivity contribution in [2.45, 2.75) is 4.90 Å². The SMILES string of the molecule is CSc1ccc2c(c1)c1ccccc1n2-c1ccc(N(c2ccccc2)c2cccc3c2sc2ccccc23)cc1. The lowest BCUT2D eigenvalue weighted by Gasteiger charge is -2.26. The molecular weight excluding hydrogens is 537 g/mol. The lowest BCUT2D eigenvalue weighted by Crippen LogP contribution is -2.10. The van der Waals surface area contributed by atoms with Gasteiger partial charge in [0.05, 0.1) is 21.4 Å². The third-order valence-electron chi connectivity index (χ3n) is 7.88. The molecule has 0 fully saturated rings. The molecule has 0 saturated heterocycles. The lowest BCUT2D eigenvalue weighted by molar-refractivity contribution is 1.17. The van der Waals surface area contributed by atoms with Crippen molar-refractivity contribution in [3.63, 3.8) is 0 Å².